The zero-order valence-corrected chi connectivity index (χ0v) is 15.5. The van der Waals surface area contributed by atoms with Gasteiger partial charge in [0.15, 0.2) is 0 Å². The fraction of sp³-hybridized carbons (Fsp3) is 0.318. The third-order valence-corrected chi connectivity index (χ3v) is 5.39. The molecule has 0 saturated heterocycles. The van der Waals surface area contributed by atoms with E-state index in [1.54, 1.807) is 0 Å². The highest BCUT2D eigenvalue weighted by Gasteiger charge is 2.24. The van der Waals surface area contributed by atoms with E-state index >= 15 is 0 Å². The highest BCUT2D eigenvalue weighted by atomic mass is 15.3. The van der Waals surface area contributed by atoms with Gasteiger partial charge >= 0.3 is 0 Å². The van der Waals surface area contributed by atoms with Crippen molar-refractivity contribution in [3.63, 3.8) is 0 Å². The highest BCUT2D eigenvalue weighted by molar-refractivity contribution is 5.33. The minimum Gasteiger partial charge on any atom is -0.323 e. The molecule has 0 radical (unpaired) electrons. The Hall–Kier alpha value is -2.43. The van der Waals surface area contributed by atoms with Crippen molar-refractivity contribution >= 4 is 0 Å². The van der Waals surface area contributed by atoms with Crippen LogP contribution in [-0.2, 0) is 19.6 Å². The molecule has 4 rings (SSSR count). The fourth-order valence-electron chi connectivity index (χ4n) is 3.94. The number of nitrogens with zero attached hydrogens (tertiary/aromatic N) is 3. The van der Waals surface area contributed by atoms with E-state index < -0.39 is 0 Å². The molecule has 1 aliphatic heterocycles. The number of benzene rings is 2. The Labute approximate surface area is 155 Å². The van der Waals surface area contributed by atoms with Crippen LogP contribution in [0, 0.1) is 13.8 Å². The van der Waals surface area contributed by atoms with Gasteiger partial charge in [0.1, 0.15) is 0 Å². The van der Waals surface area contributed by atoms with Crippen molar-refractivity contribution in [3.8, 4) is 0 Å². The number of aromatic nitrogens is 2. The Bertz CT molecular complexity index is 898. The predicted molar refractivity (Wildman–Crippen MR) is 105 cm³/mol. The van der Waals surface area contributed by atoms with Crippen LogP contribution in [0.3, 0.4) is 0 Å². The molecule has 4 nitrogen and oxygen atoms in total. The largest absolute Gasteiger partial charge is 0.323 e. The summed E-state index contributed by atoms with van der Waals surface area (Å²) in [4.78, 5) is 2.44. The van der Waals surface area contributed by atoms with Crippen molar-refractivity contribution < 1.29 is 0 Å². The van der Waals surface area contributed by atoms with Crippen LogP contribution in [0.5, 0.6) is 0 Å². The number of hydrogen-bond acceptors (Lipinski definition) is 3. The van der Waals surface area contributed by atoms with E-state index in [-0.39, 0.29) is 6.04 Å². The molecule has 3 aromatic rings. The average molecular weight is 346 g/mol. The van der Waals surface area contributed by atoms with Crippen LogP contribution in [0.2, 0.25) is 0 Å². The third-order valence-electron chi connectivity index (χ3n) is 5.39. The average Bonchev–Trinajstić information content (AvgIpc) is 2.90. The number of rotatable bonds is 4. The summed E-state index contributed by atoms with van der Waals surface area (Å²) in [5.41, 5.74) is 14.0. The molecular weight excluding hydrogens is 320 g/mol. The summed E-state index contributed by atoms with van der Waals surface area (Å²) in [5.74, 6) is 0. The maximum atomic E-state index is 6.41. The molecule has 134 valence electrons. The molecule has 0 saturated carbocycles. The van der Waals surface area contributed by atoms with Gasteiger partial charge in [0.25, 0.3) is 0 Å². The molecule has 0 bridgehead atoms. The summed E-state index contributed by atoms with van der Waals surface area (Å²) in [6.07, 6.45) is 0. The first-order valence-electron chi connectivity index (χ1n) is 9.24. The van der Waals surface area contributed by atoms with Gasteiger partial charge in [0, 0.05) is 36.9 Å². The Balaban J connectivity index is 1.54. The Kier molecular flexibility index (Phi) is 4.62. The molecular formula is C22H26N4. The van der Waals surface area contributed by atoms with E-state index in [2.05, 4.69) is 72.0 Å². The van der Waals surface area contributed by atoms with Crippen molar-refractivity contribution in [1.82, 2.24) is 14.7 Å². The van der Waals surface area contributed by atoms with E-state index in [1.807, 2.05) is 6.07 Å². The van der Waals surface area contributed by atoms with Gasteiger partial charge in [-0.15, -0.1) is 0 Å². The standard InChI is InChI=1S/C22H26N4/c1-16-21(17(2)26(24-16)12-18-8-4-3-5-9-18)14-25-13-19-10-6-7-11-20(19)22(23)15-25/h3-11,22H,12-15,23H2,1-2H3. The minimum absolute atomic E-state index is 0.0833. The molecule has 26 heavy (non-hydrogen) atoms. The monoisotopic (exact) mass is 346 g/mol. The van der Waals surface area contributed by atoms with Gasteiger partial charge in [-0.2, -0.15) is 5.10 Å². The van der Waals surface area contributed by atoms with E-state index in [9.17, 15) is 0 Å². The van der Waals surface area contributed by atoms with Crippen LogP contribution in [-0.4, -0.2) is 21.2 Å². The van der Waals surface area contributed by atoms with E-state index in [4.69, 9.17) is 10.8 Å². The van der Waals surface area contributed by atoms with Crippen molar-refractivity contribution in [3.05, 3.63) is 88.2 Å². The zero-order valence-electron chi connectivity index (χ0n) is 15.5. The lowest BCUT2D eigenvalue weighted by molar-refractivity contribution is 0.222. The van der Waals surface area contributed by atoms with Gasteiger partial charge in [0.05, 0.1) is 12.2 Å². The molecule has 0 amide bonds. The quantitative estimate of drug-likeness (QED) is 0.786. The summed E-state index contributed by atoms with van der Waals surface area (Å²) in [5, 5.41) is 4.79. The lowest BCUT2D eigenvalue weighted by Crippen LogP contribution is -2.36. The van der Waals surface area contributed by atoms with Crippen molar-refractivity contribution in [2.24, 2.45) is 5.73 Å². The molecule has 1 aliphatic rings. The van der Waals surface area contributed by atoms with Crippen LogP contribution < -0.4 is 5.73 Å². The van der Waals surface area contributed by atoms with Crippen LogP contribution in [0.1, 0.15) is 39.7 Å². The van der Waals surface area contributed by atoms with Crippen LogP contribution in [0.4, 0.5) is 0 Å². The number of aryl methyl sites for hydroxylation is 1. The Morgan fingerprint density at radius 3 is 2.54 bits per heavy atom. The summed E-state index contributed by atoms with van der Waals surface area (Å²) in [6, 6.07) is 19.1. The summed E-state index contributed by atoms with van der Waals surface area (Å²) < 4.78 is 2.12. The highest BCUT2D eigenvalue weighted by Crippen LogP contribution is 2.27. The smallest absolute Gasteiger partial charge is 0.0662 e. The number of nitrogens with two attached hydrogens (primary N) is 1. The van der Waals surface area contributed by atoms with E-state index in [0.717, 1.165) is 31.9 Å². The van der Waals surface area contributed by atoms with Crippen LogP contribution in [0.25, 0.3) is 0 Å². The van der Waals surface area contributed by atoms with Gasteiger partial charge in [0.2, 0.25) is 0 Å². The lowest BCUT2D eigenvalue weighted by Gasteiger charge is -2.32. The molecule has 0 spiro atoms. The Morgan fingerprint density at radius 1 is 1.00 bits per heavy atom. The van der Waals surface area contributed by atoms with Gasteiger partial charge in [-0.3, -0.25) is 9.58 Å². The molecule has 2 aromatic carbocycles. The first-order chi connectivity index (χ1) is 12.6. The molecule has 2 N–H and O–H groups in total. The summed E-state index contributed by atoms with van der Waals surface area (Å²) >= 11 is 0. The molecule has 4 heteroatoms. The molecule has 0 fully saturated rings. The second-order valence-corrected chi connectivity index (χ2v) is 7.27. The molecule has 1 unspecified atom stereocenters. The lowest BCUT2D eigenvalue weighted by atomic mass is 9.95. The third kappa shape index (κ3) is 3.30. The topological polar surface area (TPSA) is 47.1 Å². The SMILES string of the molecule is Cc1nn(Cc2ccccc2)c(C)c1CN1Cc2ccccc2C(N)C1. The zero-order chi connectivity index (χ0) is 18.1. The summed E-state index contributed by atoms with van der Waals surface area (Å²) in [6.45, 7) is 7.84. The normalized spacial score (nSPS) is 17.3. The van der Waals surface area contributed by atoms with Gasteiger partial charge < -0.3 is 5.73 Å². The second-order valence-electron chi connectivity index (χ2n) is 7.27. The van der Waals surface area contributed by atoms with Crippen LogP contribution >= 0.6 is 0 Å². The van der Waals surface area contributed by atoms with Gasteiger partial charge in [-0.25, -0.2) is 0 Å². The van der Waals surface area contributed by atoms with Gasteiger partial charge in [-0.05, 0) is 30.5 Å². The van der Waals surface area contributed by atoms with E-state index in [1.165, 1.54) is 27.9 Å². The molecule has 2 heterocycles. The number of fused-ring (bicyclic) bond motifs is 1. The van der Waals surface area contributed by atoms with Crippen molar-refractivity contribution in [2.75, 3.05) is 6.54 Å². The fourth-order valence-corrected chi connectivity index (χ4v) is 3.94. The molecule has 1 aromatic heterocycles. The second kappa shape index (κ2) is 7.06. The van der Waals surface area contributed by atoms with Crippen molar-refractivity contribution in [1.29, 1.82) is 0 Å². The maximum absolute atomic E-state index is 6.41. The molecule has 0 aliphatic carbocycles. The van der Waals surface area contributed by atoms with E-state index in [0.29, 0.717) is 0 Å². The van der Waals surface area contributed by atoms with Gasteiger partial charge in [-0.1, -0.05) is 54.6 Å². The first kappa shape index (κ1) is 17.0. The maximum Gasteiger partial charge on any atom is 0.0662 e. The minimum atomic E-state index is 0.0833. The number of hydrogen-bond donors (Lipinski definition) is 1. The molecule has 1 atom stereocenters. The van der Waals surface area contributed by atoms with Crippen molar-refractivity contribution in [2.45, 2.75) is 39.5 Å². The first-order valence-corrected chi connectivity index (χ1v) is 9.24. The Morgan fingerprint density at radius 2 is 1.73 bits per heavy atom. The van der Waals surface area contributed by atoms with Crippen LogP contribution in [0.15, 0.2) is 54.6 Å². The summed E-state index contributed by atoms with van der Waals surface area (Å²) in [7, 11) is 0. The predicted octanol–water partition coefficient (Wildman–Crippen LogP) is 3.56.